The first-order chi connectivity index (χ1) is 14.2. The highest BCUT2D eigenvalue weighted by molar-refractivity contribution is 9.10. The molecule has 0 N–H and O–H groups in total. The van der Waals surface area contributed by atoms with Gasteiger partial charge < -0.3 is 18.9 Å². The van der Waals surface area contributed by atoms with Gasteiger partial charge in [0.2, 0.25) is 0 Å². The summed E-state index contributed by atoms with van der Waals surface area (Å²) in [6.45, 7) is 0.0656. The SMILES string of the molecule is COCOc1cc(OCOC)c(-c2ccccc2)c(C(=O)c2ccccc2)c1Br. The quantitative estimate of drug-likeness (QED) is 0.322. The Bertz CT molecular complexity index is 958. The average molecular weight is 457 g/mol. The van der Waals surface area contributed by atoms with E-state index in [-0.39, 0.29) is 19.4 Å². The number of hydrogen-bond acceptors (Lipinski definition) is 5. The summed E-state index contributed by atoms with van der Waals surface area (Å²) in [5.41, 5.74) is 2.51. The first-order valence-electron chi connectivity index (χ1n) is 8.92. The highest BCUT2D eigenvalue weighted by atomic mass is 79.9. The Morgan fingerprint density at radius 3 is 1.97 bits per heavy atom. The van der Waals surface area contributed by atoms with Crippen molar-refractivity contribution in [3.05, 3.63) is 82.3 Å². The summed E-state index contributed by atoms with van der Waals surface area (Å²) >= 11 is 3.57. The normalized spacial score (nSPS) is 10.6. The minimum absolute atomic E-state index is 0.0319. The van der Waals surface area contributed by atoms with Crippen LogP contribution in [0.4, 0.5) is 0 Å². The topological polar surface area (TPSA) is 54.0 Å². The van der Waals surface area contributed by atoms with Gasteiger partial charge >= 0.3 is 0 Å². The molecule has 0 bridgehead atoms. The van der Waals surface area contributed by atoms with E-state index in [0.29, 0.717) is 32.7 Å². The first kappa shape index (κ1) is 21.0. The third kappa shape index (κ3) is 4.85. The van der Waals surface area contributed by atoms with E-state index < -0.39 is 0 Å². The van der Waals surface area contributed by atoms with Crippen LogP contribution in [0.25, 0.3) is 11.1 Å². The lowest BCUT2D eigenvalue weighted by molar-refractivity contribution is 0.0458. The predicted molar refractivity (Wildman–Crippen MR) is 114 cm³/mol. The molecule has 0 fully saturated rings. The van der Waals surface area contributed by atoms with Crippen molar-refractivity contribution in [1.29, 1.82) is 0 Å². The summed E-state index contributed by atoms with van der Waals surface area (Å²) in [6, 6.07) is 20.4. The Labute approximate surface area is 178 Å². The molecule has 150 valence electrons. The molecule has 3 aromatic carbocycles. The molecule has 0 aliphatic carbocycles. The fraction of sp³-hybridized carbons (Fsp3) is 0.174. The molecule has 3 rings (SSSR count). The van der Waals surface area contributed by atoms with Gasteiger partial charge in [-0.1, -0.05) is 60.7 Å². The van der Waals surface area contributed by atoms with Crippen LogP contribution >= 0.6 is 15.9 Å². The van der Waals surface area contributed by atoms with E-state index in [1.165, 1.54) is 7.11 Å². The van der Waals surface area contributed by atoms with Crippen molar-refractivity contribution in [2.75, 3.05) is 27.8 Å². The van der Waals surface area contributed by atoms with Crippen LogP contribution in [0.1, 0.15) is 15.9 Å². The molecule has 0 heterocycles. The van der Waals surface area contributed by atoms with Crippen LogP contribution < -0.4 is 9.47 Å². The second kappa shape index (κ2) is 10.2. The zero-order valence-corrected chi connectivity index (χ0v) is 17.8. The van der Waals surface area contributed by atoms with Crippen molar-refractivity contribution < 1.29 is 23.7 Å². The molecule has 0 spiro atoms. The van der Waals surface area contributed by atoms with E-state index in [9.17, 15) is 4.79 Å². The number of halogens is 1. The van der Waals surface area contributed by atoms with E-state index >= 15 is 0 Å². The van der Waals surface area contributed by atoms with Crippen molar-refractivity contribution >= 4 is 21.7 Å². The maximum absolute atomic E-state index is 13.5. The summed E-state index contributed by atoms with van der Waals surface area (Å²) in [4.78, 5) is 13.5. The van der Waals surface area contributed by atoms with Crippen LogP contribution in [0.5, 0.6) is 11.5 Å². The zero-order valence-electron chi connectivity index (χ0n) is 16.2. The molecule has 0 aliphatic heterocycles. The lowest BCUT2D eigenvalue weighted by atomic mass is 9.92. The van der Waals surface area contributed by atoms with Crippen LogP contribution in [0.3, 0.4) is 0 Å². The fourth-order valence-corrected chi connectivity index (χ4v) is 3.52. The van der Waals surface area contributed by atoms with Gasteiger partial charge in [0.1, 0.15) is 11.5 Å². The maximum atomic E-state index is 13.5. The summed E-state index contributed by atoms with van der Waals surface area (Å²) in [7, 11) is 3.07. The Morgan fingerprint density at radius 2 is 1.38 bits per heavy atom. The summed E-state index contributed by atoms with van der Waals surface area (Å²) in [6.07, 6.45) is 0. The second-order valence-electron chi connectivity index (χ2n) is 6.10. The molecule has 0 atom stereocenters. The number of ketones is 1. The summed E-state index contributed by atoms with van der Waals surface area (Å²) in [5, 5.41) is 0. The molecule has 0 saturated heterocycles. The third-order valence-corrected chi connectivity index (χ3v) is 4.97. The van der Waals surface area contributed by atoms with E-state index in [1.807, 2.05) is 48.5 Å². The number of rotatable bonds is 9. The van der Waals surface area contributed by atoms with Crippen LogP contribution in [-0.4, -0.2) is 33.6 Å². The van der Waals surface area contributed by atoms with Gasteiger partial charge in [0.15, 0.2) is 19.4 Å². The molecule has 0 unspecified atom stereocenters. The minimum atomic E-state index is -0.151. The van der Waals surface area contributed by atoms with Gasteiger partial charge in [-0.25, -0.2) is 0 Å². The van der Waals surface area contributed by atoms with Crippen molar-refractivity contribution in [1.82, 2.24) is 0 Å². The molecule has 3 aromatic rings. The van der Waals surface area contributed by atoms with Crippen LogP contribution in [-0.2, 0) is 9.47 Å². The van der Waals surface area contributed by atoms with E-state index in [1.54, 1.807) is 25.3 Å². The molecule has 0 radical (unpaired) electrons. The van der Waals surface area contributed by atoms with Crippen LogP contribution in [0.2, 0.25) is 0 Å². The zero-order chi connectivity index (χ0) is 20.6. The number of carbonyl (C=O) groups excluding carboxylic acids is 1. The molecule has 0 saturated carbocycles. The predicted octanol–water partition coefficient (Wildman–Crippen LogP) is 5.31. The van der Waals surface area contributed by atoms with Crippen molar-refractivity contribution in [2.45, 2.75) is 0 Å². The lowest BCUT2D eigenvalue weighted by Crippen LogP contribution is -2.10. The Balaban J connectivity index is 2.27. The molecule has 29 heavy (non-hydrogen) atoms. The molecule has 6 heteroatoms. The van der Waals surface area contributed by atoms with E-state index in [2.05, 4.69) is 15.9 Å². The van der Waals surface area contributed by atoms with Gasteiger partial charge in [-0.15, -0.1) is 0 Å². The molecule has 0 aromatic heterocycles. The number of hydrogen-bond donors (Lipinski definition) is 0. The average Bonchev–Trinajstić information content (AvgIpc) is 2.77. The molecule has 0 amide bonds. The van der Waals surface area contributed by atoms with Crippen molar-refractivity contribution in [2.24, 2.45) is 0 Å². The minimum Gasteiger partial charge on any atom is -0.467 e. The monoisotopic (exact) mass is 456 g/mol. The van der Waals surface area contributed by atoms with Gasteiger partial charge in [0, 0.05) is 31.4 Å². The van der Waals surface area contributed by atoms with Crippen LogP contribution in [0, 0.1) is 0 Å². The highest BCUT2D eigenvalue weighted by Gasteiger charge is 2.26. The van der Waals surface area contributed by atoms with Gasteiger partial charge in [0.05, 0.1) is 10.0 Å². The Hall–Kier alpha value is -2.67. The molecule has 0 aliphatic rings. The smallest absolute Gasteiger partial charge is 0.195 e. The standard InChI is InChI=1S/C23H21BrO5/c1-26-14-28-18-13-19(29-15-27-2)22(24)21(20(18)16-9-5-3-6-10-16)23(25)17-11-7-4-8-12-17/h3-13H,14-15H2,1-2H3. The van der Waals surface area contributed by atoms with Gasteiger partial charge in [-0.05, 0) is 21.5 Å². The number of ether oxygens (including phenoxy) is 4. The lowest BCUT2D eigenvalue weighted by Gasteiger charge is -2.20. The molecule has 5 nitrogen and oxygen atoms in total. The van der Waals surface area contributed by atoms with Crippen molar-refractivity contribution in [3.63, 3.8) is 0 Å². The van der Waals surface area contributed by atoms with Gasteiger partial charge in [-0.2, -0.15) is 0 Å². The Morgan fingerprint density at radius 1 is 0.828 bits per heavy atom. The number of benzene rings is 3. The summed E-state index contributed by atoms with van der Waals surface area (Å²) in [5.74, 6) is 0.769. The third-order valence-electron chi connectivity index (χ3n) is 4.18. The van der Waals surface area contributed by atoms with Crippen LogP contribution in [0.15, 0.2) is 71.2 Å². The Kier molecular flexibility index (Phi) is 7.41. The van der Waals surface area contributed by atoms with E-state index in [4.69, 9.17) is 18.9 Å². The highest BCUT2D eigenvalue weighted by Crippen LogP contribution is 2.44. The van der Waals surface area contributed by atoms with E-state index in [0.717, 1.165) is 5.56 Å². The summed E-state index contributed by atoms with van der Waals surface area (Å²) < 4.78 is 22.2. The maximum Gasteiger partial charge on any atom is 0.195 e. The number of carbonyl (C=O) groups is 1. The van der Waals surface area contributed by atoms with Gasteiger partial charge in [0.25, 0.3) is 0 Å². The number of methoxy groups -OCH3 is 2. The fourth-order valence-electron chi connectivity index (χ4n) is 2.91. The van der Waals surface area contributed by atoms with Crippen molar-refractivity contribution in [3.8, 4) is 22.6 Å². The largest absolute Gasteiger partial charge is 0.467 e. The second-order valence-corrected chi connectivity index (χ2v) is 6.89. The molecular formula is C23H21BrO5. The molecular weight excluding hydrogens is 436 g/mol. The van der Waals surface area contributed by atoms with Gasteiger partial charge in [-0.3, -0.25) is 4.79 Å². The first-order valence-corrected chi connectivity index (χ1v) is 9.71.